The monoisotopic (exact) mass is 405 g/mol. The molecule has 162 valence electrons. The van der Waals surface area contributed by atoms with Gasteiger partial charge in [-0.05, 0) is 11.8 Å². The van der Waals surface area contributed by atoms with Gasteiger partial charge in [0.05, 0.1) is 37.8 Å². The van der Waals surface area contributed by atoms with E-state index >= 15 is 0 Å². The highest BCUT2D eigenvalue weighted by Gasteiger charge is 2.40. The molecule has 3 saturated heterocycles. The van der Waals surface area contributed by atoms with E-state index in [1.165, 1.54) is 0 Å². The van der Waals surface area contributed by atoms with Gasteiger partial charge < -0.3 is 14.5 Å². The molecule has 0 aliphatic carbocycles. The topological polar surface area (TPSA) is 80.1 Å². The molecule has 0 N–H and O–H groups in total. The second-order valence-corrected chi connectivity index (χ2v) is 9.66. The summed E-state index contributed by atoms with van der Waals surface area (Å²) in [4.78, 5) is 33.8. The van der Waals surface area contributed by atoms with Crippen molar-refractivity contribution in [2.45, 2.75) is 33.2 Å². The molecule has 0 aromatic heterocycles. The summed E-state index contributed by atoms with van der Waals surface area (Å²) in [5, 5.41) is 9.37. The summed E-state index contributed by atoms with van der Waals surface area (Å²) >= 11 is 0. The van der Waals surface area contributed by atoms with Gasteiger partial charge in [-0.2, -0.15) is 5.26 Å². The maximum atomic E-state index is 13.2. The number of morpholine rings is 1. The molecule has 29 heavy (non-hydrogen) atoms. The third-order valence-corrected chi connectivity index (χ3v) is 5.96. The fraction of sp³-hybridized carbons (Fsp3) is 0.857. The Kier molecular flexibility index (Phi) is 7.14. The lowest BCUT2D eigenvalue weighted by atomic mass is 9.95. The molecule has 0 radical (unpaired) electrons. The van der Waals surface area contributed by atoms with Crippen LogP contribution < -0.4 is 0 Å². The molecule has 0 aromatic rings. The summed E-state index contributed by atoms with van der Waals surface area (Å²) in [5.41, 5.74) is 0.0847. The van der Waals surface area contributed by atoms with Crippen molar-refractivity contribution >= 4 is 11.8 Å². The third kappa shape index (κ3) is 5.91. The zero-order valence-electron chi connectivity index (χ0n) is 18.1. The van der Waals surface area contributed by atoms with Crippen LogP contribution in [0.4, 0.5) is 0 Å². The first-order valence-corrected chi connectivity index (χ1v) is 10.8. The molecule has 2 amide bonds. The van der Waals surface area contributed by atoms with E-state index in [2.05, 4.69) is 36.6 Å². The molecule has 2 atom stereocenters. The van der Waals surface area contributed by atoms with Crippen LogP contribution in [0.3, 0.4) is 0 Å². The average Bonchev–Trinajstić information content (AvgIpc) is 3.09. The number of carbonyl (C=O) groups excluding carboxylic acids is 2. The van der Waals surface area contributed by atoms with Gasteiger partial charge in [-0.25, -0.2) is 0 Å². The first kappa shape index (κ1) is 22.0. The number of piperazine rings is 1. The minimum atomic E-state index is -0.194. The number of hydrogen-bond acceptors (Lipinski definition) is 6. The Hall–Kier alpha value is -1.69. The zero-order valence-corrected chi connectivity index (χ0v) is 18.1. The molecule has 3 aliphatic heterocycles. The number of amides is 2. The highest BCUT2D eigenvalue weighted by Crippen LogP contribution is 2.28. The summed E-state index contributed by atoms with van der Waals surface area (Å²) in [5.74, 6) is 0.224. The highest BCUT2D eigenvalue weighted by atomic mass is 16.5. The number of hydrogen-bond donors (Lipinski definition) is 0. The highest BCUT2D eigenvalue weighted by molar-refractivity contribution is 5.82. The van der Waals surface area contributed by atoms with Crippen molar-refractivity contribution in [3.63, 3.8) is 0 Å². The molecule has 0 spiro atoms. The maximum Gasteiger partial charge on any atom is 0.240 e. The Bertz CT molecular complexity index is 627. The first-order chi connectivity index (χ1) is 13.8. The summed E-state index contributed by atoms with van der Waals surface area (Å²) < 4.78 is 5.31. The van der Waals surface area contributed by atoms with Crippen molar-refractivity contribution in [1.82, 2.24) is 19.6 Å². The number of carbonyl (C=O) groups is 2. The minimum Gasteiger partial charge on any atom is -0.378 e. The van der Waals surface area contributed by atoms with Crippen LogP contribution in [-0.2, 0) is 14.3 Å². The average molecular weight is 406 g/mol. The lowest BCUT2D eigenvalue weighted by molar-refractivity contribution is -0.140. The Morgan fingerprint density at radius 1 is 1.03 bits per heavy atom. The van der Waals surface area contributed by atoms with Gasteiger partial charge in [0.2, 0.25) is 11.8 Å². The smallest absolute Gasteiger partial charge is 0.240 e. The van der Waals surface area contributed by atoms with E-state index in [9.17, 15) is 14.9 Å². The van der Waals surface area contributed by atoms with E-state index < -0.39 is 0 Å². The maximum absolute atomic E-state index is 13.2. The molecular formula is C21H35N5O3. The predicted octanol–water partition coefficient (Wildman–Crippen LogP) is 0.250. The summed E-state index contributed by atoms with van der Waals surface area (Å²) in [6.45, 7) is 13.7. The van der Waals surface area contributed by atoms with Gasteiger partial charge in [0.1, 0.15) is 0 Å². The molecule has 2 unspecified atom stereocenters. The Morgan fingerprint density at radius 3 is 2.28 bits per heavy atom. The van der Waals surface area contributed by atoms with Crippen molar-refractivity contribution < 1.29 is 14.3 Å². The summed E-state index contributed by atoms with van der Waals surface area (Å²) in [6, 6.07) is 2.16. The van der Waals surface area contributed by atoms with Crippen LogP contribution in [0.5, 0.6) is 0 Å². The number of nitrogens with zero attached hydrogens (tertiary/aromatic N) is 5. The lowest BCUT2D eigenvalue weighted by Crippen LogP contribution is -2.56. The largest absolute Gasteiger partial charge is 0.378 e. The van der Waals surface area contributed by atoms with Crippen molar-refractivity contribution in [2.75, 3.05) is 72.1 Å². The van der Waals surface area contributed by atoms with Gasteiger partial charge in [-0.1, -0.05) is 20.8 Å². The fourth-order valence-electron chi connectivity index (χ4n) is 4.48. The van der Waals surface area contributed by atoms with Crippen molar-refractivity contribution in [3.8, 4) is 6.07 Å². The molecule has 3 fully saturated rings. The molecule has 3 heterocycles. The minimum absolute atomic E-state index is 0.0706. The van der Waals surface area contributed by atoms with Crippen LogP contribution in [0, 0.1) is 22.7 Å². The van der Waals surface area contributed by atoms with E-state index in [4.69, 9.17) is 4.74 Å². The van der Waals surface area contributed by atoms with Crippen molar-refractivity contribution in [1.29, 1.82) is 5.26 Å². The fourth-order valence-corrected chi connectivity index (χ4v) is 4.48. The normalized spacial score (nSPS) is 27.1. The molecule has 8 heteroatoms. The van der Waals surface area contributed by atoms with Gasteiger partial charge in [0.15, 0.2) is 0 Å². The van der Waals surface area contributed by atoms with Crippen LogP contribution in [0.25, 0.3) is 0 Å². The van der Waals surface area contributed by atoms with Crippen molar-refractivity contribution in [2.24, 2.45) is 11.3 Å². The van der Waals surface area contributed by atoms with Crippen LogP contribution in [0.15, 0.2) is 0 Å². The van der Waals surface area contributed by atoms with Crippen LogP contribution >= 0.6 is 0 Å². The second kappa shape index (κ2) is 9.41. The van der Waals surface area contributed by atoms with Crippen molar-refractivity contribution in [3.05, 3.63) is 0 Å². The first-order valence-electron chi connectivity index (χ1n) is 10.8. The third-order valence-electron chi connectivity index (χ3n) is 5.96. The van der Waals surface area contributed by atoms with E-state index in [-0.39, 0.29) is 29.2 Å². The molecular weight excluding hydrogens is 370 g/mol. The van der Waals surface area contributed by atoms with E-state index in [1.807, 2.05) is 9.80 Å². The van der Waals surface area contributed by atoms with Crippen LogP contribution in [0.2, 0.25) is 0 Å². The Balaban J connectivity index is 1.51. The summed E-state index contributed by atoms with van der Waals surface area (Å²) in [6.07, 6.45) is 0.626. The lowest BCUT2D eigenvalue weighted by Gasteiger charge is -2.38. The quantitative estimate of drug-likeness (QED) is 0.667. The molecule has 3 rings (SSSR count). The van der Waals surface area contributed by atoms with Crippen LogP contribution in [0.1, 0.15) is 27.2 Å². The molecule has 3 aliphatic rings. The number of rotatable bonds is 4. The molecule has 8 nitrogen and oxygen atoms in total. The van der Waals surface area contributed by atoms with Gasteiger partial charge in [-0.15, -0.1) is 0 Å². The number of ether oxygens (including phenoxy) is 1. The van der Waals surface area contributed by atoms with E-state index in [0.29, 0.717) is 58.9 Å². The number of likely N-dealkylation sites (tertiary alicyclic amines) is 1. The van der Waals surface area contributed by atoms with Gasteiger partial charge >= 0.3 is 0 Å². The second-order valence-electron chi connectivity index (χ2n) is 9.66. The van der Waals surface area contributed by atoms with Gasteiger partial charge in [-0.3, -0.25) is 19.4 Å². The van der Waals surface area contributed by atoms with E-state index in [0.717, 1.165) is 19.6 Å². The number of nitriles is 1. The Morgan fingerprint density at radius 2 is 1.69 bits per heavy atom. The summed E-state index contributed by atoms with van der Waals surface area (Å²) in [7, 11) is 0. The zero-order chi connectivity index (χ0) is 21.0. The molecule has 0 saturated carbocycles. The SMILES string of the molecule is CC(C)(C)CN1CC(C#N)CC1C(=O)N1CCN(CC(=O)N2CCOCC2)CC1. The van der Waals surface area contributed by atoms with Crippen LogP contribution in [-0.4, -0.2) is 110 Å². The Labute approximate surface area is 174 Å². The van der Waals surface area contributed by atoms with E-state index in [1.54, 1.807) is 0 Å². The van der Waals surface area contributed by atoms with Gasteiger partial charge in [0, 0.05) is 52.4 Å². The molecule has 0 bridgehead atoms. The standard InChI is InChI=1S/C21H35N5O3/c1-21(2,3)16-26-14-17(13-22)12-18(26)20(28)25-6-4-23(5-7-25)15-19(27)24-8-10-29-11-9-24/h17-18H,4-12,14-16H2,1-3H3. The van der Waals surface area contributed by atoms with Gasteiger partial charge in [0.25, 0.3) is 0 Å². The molecule has 0 aromatic carbocycles. The predicted molar refractivity (Wildman–Crippen MR) is 109 cm³/mol.